The van der Waals surface area contributed by atoms with Gasteiger partial charge in [0, 0.05) is 22.6 Å². The number of nitrogens with one attached hydrogen (secondary N) is 1. The Balaban J connectivity index is 1.31. The molecule has 3 heterocycles. The highest BCUT2D eigenvalue weighted by Gasteiger charge is 2.40. The monoisotopic (exact) mass is 537 g/mol. The number of nitrogens with zero attached hydrogens (tertiary/aromatic N) is 3. The molecule has 0 spiro atoms. The number of hydrogen-bond acceptors (Lipinski definition) is 6. The second kappa shape index (κ2) is 9.67. The Morgan fingerprint density at radius 3 is 2.49 bits per heavy atom. The molecular weight excluding hydrogens is 510 g/mol. The highest BCUT2D eigenvalue weighted by Crippen LogP contribution is 2.48. The topological polar surface area (TPSA) is 123 Å². The summed E-state index contributed by atoms with van der Waals surface area (Å²) in [6, 6.07) is 18.2. The average Bonchev–Trinajstić information content (AvgIpc) is 3.68. The van der Waals surface area contributed by atoms with Crippen LogP contribution in [0.5, 0.6) is 0 Å². The Labute approximate surface area is 229 Å². The number of carbonyl (C=O) groups excluding carboxylic acids is 1. The quantitative estimate of drug-likeness (QED) is 0.223. The molecule has 2 aromatic carbocycles. The number of amides is 1. The Morgan fingerprint density at radius 2 is 1.77 bits per heavy atom. The van der Waals surface area contributed by atoms with Crippen molar-refractivity contribution in [3.8, 4) is 11.4 Å². The van der Waals surface area contributed by atoms with Crippen LogP contribution in [-0.4, -0.2) is 31.4 Å². The van der Waals surface area contributed by atoms with Crippen LogP contribution in [0.4, 0.5) is 11.4 Å². The Bertz CT molecular complexity index is 1710. The van der Waals surface area contributed by atoms with Crippen molar-refractivity contribution in [2.75, 3.05) is 11.1 Å². The van der Waals surface area contributed by atoms with Crippen molar-refractivity contribution in [1.82, 2.24) is 14.4 Å². The third-order valence-corrected chi connectivity index (χ3v) is 8.62. The lowest BCUT2D eigenvalue weighted by Crippen LogP contribution is -2.24. The summed E-state index contributed by atoms with van der Waals surface area (Å²) in [5, 5.41) is 15.3. The molecule has 196 valence electrons. The van der Waals surface area contributed by atoms with Gasteiger partial charge in [-0.3, -0.25) is 9.20 Å². The number of nitrogens with two attached hydrogens (primary N) is 1. The van der Waals surface area contributed by atoms with Crippen LogP contribution in [0.2, 0.25) is 0 Å². The highest BCUT2D eigenvalue weighted by atomic mass is 32.1. The number of imidazole rings is 1. The smallest absolute Gasteiger partial charge is 0.335 e. The first kappa shape index (κ1) is 24.8. The lowest BCUT2D eigenvalue weighted by atomic mass is 9.79. The van der Waals surface area contributed by atoms with Gasteiger partial charge in [0.25, 0.3) is 5.91 Å². The largest absolute Gasteiger partial charge is 0.478 e. The second-order valence-corrected chi connectivity index (χ2v) is 10.8. The zero-order chi connectivity index (χ0) is 27.1. The number of nitrogen functional groups attached to an aromatic ring is 1. The molecule has 1 saturated carbocycles. The number of aromatic nitrogens is 3. The van der Waals surface area contributed by atoms with Crippen LogP contribution in [0, 0.1) is 6.92 Å². The number of aromatic carboxylic acids is 1. The van der Waals surface area contributed by atoms with Gasteiger partial charge in [0.1, 0.15) is 16.3 Å². The van der Waals surface area contributed by atoms with Crippen molar-refractivity contribution >= 4 is 40.2 Å². The molecular formula is C30H27N5O3S. The van der Waals surface area contributed by atoms with Gasteiger partial charge in [-0.15, -0.1) is 11.3 Å². The number of pyridine rings is 1. The van der Waals surface area contributed by atoms with Gasteiger partial charge < -0.3 is 16.2 Å². The van der Waals surface area contributed by atoms with Crippen molar-refractivity contribution in [2.24, 2.45) is 0 Å². The van der Waals surface area contributed by atoms with E-state index in [4.69, 9.17) is 10.7 Å². The number of carbonyl (C=O) groups is 2. The summed E-state index contributed by atoms with van der Waals surface area (Å²) in [5.74, 6) is -1.18. The van der Waals surface area contributed by atoms with E-state index in [1.54, 1.807) is 41.8 Å². The first-order valence-electron chi connectivity index (χ1n) is 12.8. The van der Waals surface area contributed by atoms with Crippen molar-refractivity contribution in [3.05, 3.63) is 99.6 Å². The van der Waals surface area contributed by atoms with Crippen molar-refractivity contribution in [3.63, 3.8) is 0 Å². The molecule has 5 aromatic rings. The fraction of sp³-hybridized carbons (Fsp3) is 0.200. The van der Waals surface area contributed by atoms with E-state index in [0.29, 0.717) is 22.6 Å². The molecule has 1 aliphatic carbocycles. The van der Waals surface area contributed by atoms with Gasteiger partial charge in [-0.05, 0) is 61.7 Å². The number of fused-ring (bicyclic) bond motifs is 1. The summed E-state index contributed by atoms with van der Waals surface area (Å²) in [5.41, 5.74) is 11.9. The molecule has 0 unspecified atom stereocenters. The maximum Gasteiger partial charge on any atom is 0.335 e. The van der Waals surface area contributed by atoms with Gasteiger partial charge in [0.15, 0.2) is 0 Å². The van der Waals surface area contributed by atoms with Crippen LogP contribution in [0.15, 0.2) is 72.2 Å². The molecule has 3 aromatic heterocycles. The number of benzene rings is 2. The van der Waals surface area contributed by atoms with E-state index in [1.165, 1.54) is 0 Å². The first-order valence-corrected chi connectivity index (χ1v) is 13.7. The highest BCUT2D eigenvalue weighted by molar-refractivity contribution is 7.10. The molecule has 39 heavy (non-hydrogen) atoms. The molecule has 0 radical (unpaired) electrons. The summed E-state index contributed by atoms with van der Waals surface area (Å²) in [6.07, 6.45) is 5.93. The third kappa shape index (κ3) is 4.34. The predicted molar refractivity (Wildman–Crippen MR) is 152 cm³/mol. The van der Waals surface area contributed by atoms with Crippen molar-refractivity contribution in [1.29, 1.82) is 0 Å². The first-order chi connectivity index (χ1) is 18.9. The molecule has 0 bridgehead atoms. The zero-order valence-corrected chi connectivity index (χ0v) is 22.2. The van der Waals surface area contributed by atoms with E-state index in [9.17, 15) is 14.7 Å². The predicted octanol–water partition coefficient (Wildman–Crippen LogP) is 6.16. The van der Waals surface area contributed by atoms with E-state index in [2.05, 4.69) is 15.7 Å². The normalized spacial score (nSPS) is 14.5. The average molecular weight is 538 g/mol. The van der Waals surface area contributed by atoms with Gasteiger partial charge in [-0.1, -0.05) is 37.1 Å². The number of rotatable bonds is 6. The van der Waals surface area contributed by atoms with Crippen molar-refractivity contribution in [2.45, 2.75) is 38.0 Å². The number of hydrogen-bond donors (Lipinski definition) is 3. The standard InChI is InChI=1S/C30H27N5O3S/c1-18-26(35-15-12-20(28(37)38)16-25(35)32-18)24-17-39-29(34-24)30(13-4-5-14-30)21-10-8-19(9-11-21)27(36)33-23-7-3-2-6-22(23)31/h2-3,6-12,15-17H,4-5,13-14,31H2,1H3,(H,33,36)(H,37,38). The SMILES string of the molecule is Cc1nc2cc(C(=O)O)ccn2c1-c1csc(C2(c3ccc(C(=O)Nc4ccccc4N)cc3)CCCC2)n1. The zero-order valence-electron chi connectivity index (χ0n) is 21.3. The van der Waals surface area contributed by atoms with Crippen molar-refractivity contribution < 1.29 is 14.7 Å². The summed E-state index contributed by atoms with van der Waals surface area (Å²) in [7, 11) is 0. The minimum atomic E-state index is -0.980. The van der Waals surface area contributed by atoms with Crippen LogP contribution in [-0.2, 0) is 5.41 Å². The van der Waals surface area contributed by atoms with Gasteiger partial charge in [0.05, 0.1) is 28.3 Å². The lowest BCUT2D eigenvalue weighted by Gasteiger charge is -2.27. The molecule has 9 heteroatoms. The lowest BCUT2D eigenvalue weighted by molar-refractivity contribution is 0.0696. The van der Waals surface area contributed by atoms with Crippen LogP contribution in [0.1, 0.15) is 62.7 Å². The Morgan fingerprint density at radius 1 is 1.03 bits per heavy atom. The molecule has 4 N–H and O–H groups in total. The maximum atomic E-state index is 12.9. The summed E-state index contributed by atoms with van der Waals surface area (Å²) in [6.45, 7) is 1.92. The van der Waals surface area contributed by atoms with E-state index >= 15 is 0 Å². The number of carboxylic acids is 1. The van der Waals surface area contributed by atoms with E-state index in [1.807, 2.05) is 47.7 Å². The van der Waals surface area contributed by atoms with E-state index in [-0.39, 0.29) is 16.9 Å². The van der Waals surface area contributed by atoms with E-state index < -0.39 is 5.97 Å². The van der Waals surface area contributed by atoms with Gasteiger partial charge in [-0.25, -0.2) is 14.8 Å². The number of anilines is 2. The number of carboxylic acid groups (broad SMARTS) is 1. The summed E-state index contributed by atoms with van der Waals surface area (Å²) >= 11 is 1.64. The minimum Gasteiger partial charge on any atom is -0.478 e. The second-order valence-electron chi connectivity index (χ2n) is 9.94. The summed E-state index contributed by atoms with van der Waals surface area (Å²) < 4.78 is 1.90. The van der Waals surface area contributed by atoms with Gasteiger partial charge in [0.2, 0.25) is 0 Å². The minimum absolute atomic E-state index is 0.201. The molecule has 0 atom stereocenters. The van der Waals surface area contributed by atoms with Gasteiger partial charge in [-0.2, -0.15) is 0 Å². The number of aryl methyl sites for hydroxylation is 1. The van der Waals surface area contributed by atoms with Crippen LogP contribution in [0.3, 0.4) is 0 Å². The maximum absolute atomic E-state index is 12.9. The molecule has 1 aliphatic rings. The van der Waals surface area contributed by atoms with Crippen LogP contribution in [0.25, 0.3) is 17.0 Å². The number of para-hydroxylation sites is 2. The van der Waals surface area contributed by atoms with Crippen LogP contribution >= 0.6 is 11.3 Å². The van der Waals surface area contributed by atoms with E-state index in [0.717, 1.165) is 53.3 Å². The third-order valence-electron chi connectivity index (χ3n) is 7.57. The summed E-state index contributed by atoms with van der Waals surface area (Å²) in [4.78, 5) is 34.0. The molecule has 0 aliphatic heterocycles. The fourth-order valence-electron chi connectivity index (χ4n) is 5.56. The molecule has 1 amide bonds. The Kier molecular flexibility index (Phi) is 6.15. The molecule has 1 fully saturated rings. The van der Waals surface area contributed by atoms with Crippen LogP contribution < -0.4 is 11.1 Å². The molecule has 0 saturated heterocycles. The fourth-order valence-corrected chi connectivity index (χ4v) is 6.64. The Hall–Kier alpha value is -4.50. The molecule has 8 nitrogen and oxygen atoms in total. The molecule has 6 rings (SSSR count). The number of thiazole rings is 1. The van der Waals surface area contributed by atoms with Gasteiger partial charge >= 0.3 is 5.97 Å².